The van der Waals surface area contributed by atoms with Gasteiger partial charge in [0.05, 0.1) is 6.54 Å². The molecular weight excluding hydrogens is 340 g/mol. The molecule has 2 saturated carbocycles. The van der Waals surface area contributed by atoms with Gasteiger partial charge in [-0.1, -0.05) is 19.4 Å². The average Bonchev–Trinajstić information content (AvgIpc) is 3.41. The molecule has 4 rings (SSSR count). The smallest absolute Gasteiger partial charge is 0.290 e. The fourth-order valence-electron chi connectivity index (χ4n) is 4.28. The number of nitrogens with zero attached hydrogens (tertiary/aromatic N) is 2. The number of carbonyl (C=O) groups is 1. The molecule has 2 heterocycles. The Morgan fingerprint density at radius 2 is 1.78 bits per heavy atom. The van der Waals surface area contributed by atoms with E-state index in [9.17, 15) is 9.59 Å². The third-order valence-corrected chi connectivity index (χ3v) is 6.06. The Hall–Kier alpha value is -2.30. The lowest BCUT2D eigenvalue weighted by atomic mass is 9.84. The zero-order chi connectivity index (χ0) is 18.8. The van der Waals surface area contributed by atoms with E-state index in [1.54, 1.807) is 22.9 Å². The summed E-state index contributed by atoms with van der Waals surface area (Å²) >= 11 is 0. The highest BCUT2D eigenvalue weighted by Gasteiger charge is 2.39. The minimum Gasteiger partial charge on any atom is -0.454 e. The van der Waals surface area contributed by atoms with Gasteiger partial charge in [-0.05, 0) is 62.6 Å². The summed E-state index contributed by atoms with van der Waals surface area (Å²) in [7, 11) is 0. The molecule has 2 aliphatic carbocycles. The molecule has 2 fully saturated rings. The van der Waals surface area contributed by atoms with E-state index in [4.69, 9.17) is 4.42 Å². The molecule has 0 atom stereocenters. The maximum Gasteiger partial charge on any atom is 0.290 e. The normalized spacial score (nSPS) is 22.6. The van der Waals surface area contributed by atoms with Crippen LogP contribution in [0.3, 0.4) is 0 Å². The van der Waals surface area contributed by atoms with Gasteiger partial charge in [-0.25, -0.2) is 0 Å². The summed E-state index contributed by atoms with van der Waals surface area (Å²) < 4.78 is 7.43. The minimum absolute atomic E-state index is 0.0177. The third-order valence-electron chi connectivity index (χ3n) is 6.06. The van der Waals surface area contributed by atoms with Crippen molar-refractivity contribution < 1.29 is 9.21 Å². The van der Waals surface area contributed by atoms with Crippen LogP contribution in [0, 0.1) is 5.92 Å². The second-order valence-electron chi connectivity index (χ2n) is 7.96. The van der Waals surface area contributed by atoms with E-state index in [-0.39, 0.29) is 11.5 Å². The molecule has 0 saturated heterocycles. The Balaban J connectivity index is 1.47. The minimum atomic E-state index is -0.0749. The van der Waals surface area contributed by atoms with Gasteiger partial charge in [-0.2, -0.15) is 0 Å². The van der Waals surface area contributed by atoms with Gasteiger partial charge in [-0.3, -0.25) is 9.59 Å². The van der Waals surface area contributed by atoms with Crippen molar-refractivity contribution in [2.45, 2.75) is 70.5 Å². The summed E-state index contributed by atoms with van der Waals surface area (Å²) in [5.74, 6) is 1.87. The lowest BCUT2D eigenvalue weighted by Crippen LogP contribution is -2.43. The molecule has 0 aromatic carbocycles. The van der Waals surface area contributed by atoms with Gasteiger partial charge in [0, 0.05) is 24.3 Å². The number of amides is 1. The predicted molar refractivity (Wildman–Crippen MR) is 104 cm³/mol. The van der Waals surface area contributed by atoms with Crippen LogP contribution >= 0.6 is 0 Å². The number of pyridine rings is 1. The molecule has 0 N–H and O–H groups in total. The van der Waals surface area contributed by atoms with Crippen molar-refractivity contribution in [1.82, 2.24) is 9.47 Å². The van der Waals surface area contributed by atoms with Crippen LogP contribution in [0.5, 0.6) is 0 Å². The maximum atomic E-state index is 13.2. The number of aromatic nitrogens is 1. The SMILES string of the molecule is CCC1CCC(N(C(=O)c2ccc(Cn3ccccc3=O)o2)C2CC2)CC1. The van der Waals surface area contributed by atoms with E-state index >= 15 is 0 Å². The molecule has 2 aromatic rings. The molecule has 1 amide bonds. The first kappa shape index (κ1) is 18.1. The van der Waals surface area contributed by atoms with Gasteiger partial charge < -0.3 is 13.9 Å². The Labute approximate surface area is 160 Å². The maximum absolute atomic E-state index is 13.2. The number of rotatable bonds is 6. The lowest BCUT2D eigenvalue weighted by Gasteiger charge is -2.36. The van der Waals surface area contributed by atoms with Gasteiger partial charge in [0.1, 0.15) is 5.76 Å². The van der Waals surface area contributed by atoms with E-state index < -0.39 is 0 Å². The number of furan rings is 1. The summed E-state index contributed by atoms with van der Waals surface area (Å²) in [5.41, 5.74) is -0.0749. The Morgan fingerprint density at radius 3 is 2.41 bits per heavy atom. The first-order chi connectivity index (χ1) is 13.2. The Kier molecular flexibility index (Phi) is 5.19. The van der Waals surface area contributed by atoms with E-state index in [1.165, 1.54) is 25.3 Å². The topological polar surface area (TPSA) is 55.5 Å². The molecule has 5 nitrogen and oxygen atoms in total. The molecule has 5 heteroatoms. The molecule has 0 radical (unpaired) electrons. The summed E-state index contributed by atoms with van der Waals surface area (Å²) in [6.45, 7) is 2.61. The van der Waals surface area contributed by atoms with Crippen molar-refractivity contribution in [2.75, 3.05) is 0 Å². The third kappa shape index (κ3) is 4.02. The largest absolute Gasteiger partial charge is 0.454 e. The van der Waals surface area contributed by atoms with Crippen LogP contribution in [0.15, 0.2) is 45.7 Å². The monoisotopic (exact) mass is 368 g/mol. The molecule has 0 spiro atoms. The lowest BCUT2D eigenvalue weighted by molar-refractivity contribution is 0.0553. The van der Waals surface area contributed by atoms with E-state index in [0.717, 1.165) is 31.6 Å². The van der Waals surface area contributed by atoms with Crippen LogP contribution in [0.2, 0.25) is 0 Å². The highest BCUT2D eigenvalue weighted by atomic mass is 16.4. The standard InChI is InChI=1S/C22H28N2O3/c1-2-16-6-8-17(9-7-16)24(18-10-11-18)22(26)20-13-12-19(27-20)15-23-14-4-3-5-21(23)25/h3-5,12-14,16-18H,2,6-11,15H2,1H3. The Morgan fingerprint density at radius 1 is 1.07 bits per heavy atom. The zero-order valence-electron chi connectivity index (χ0n) is 16.0. The van der Waals surface area contributed by atoms with Crippen molar-refractivity contribution in [3.63, 3.8) is 0 Å². The summed E-state index contributed by atoms with van der Waals surface area (Å²) in [5, 5.41) is 0. The van der Waals surface area contributed by atoms with Crippen LogP contribution in [0.4, 0.5) is 0 Å². The van der Waals surface area contributed by atoms with Gasteiger partial charge in [0.25, 0.3) is 11.5 Å². The molecule has 27 heavy (non-hydrogen) atoms. The fourth-order valence-corrected chi connectivity index (χ4v) is 4.28. The first-order valence-electron chi connectivity index (χ1n) is 10.2. The van der Waals surface area contributed by atoms with Crippen LogP contribution < -0.4 is 5.56 Å². The molecule has 0 unspecified atom stereocenters. The highest BCUT2D eigenvalue weighted by Crippen LogP contribution is 2.37. The van der Waals surface area contributed by atoms with Gasteiger partial charge >= 0.3 is 0 Å². The summed E-state index contributed by atoms with van der Waals surface area (Å²) in [6, 6.07) is 9.36. The van der Waals surface area contributed by atoms with E-state index in [1.807, 2.05) is 12.1 Å². The molecule has 144 valence electrons. The number of carbonyl (C=O) groups excluding carboxylic acids is 1. The van der Waals surface area contributed by atoms with Gasteiger partial charge in [0.15, 0.2) is 5.76 Å². The Bertz CT molecular complexity index is 841. The second-order valence-corrected chi connectivity index (χ2v) is 7.96. The van der Waals surface area contributed by atoms with Crippen molar-refractivity contribution >= 4 is 5.91 Å². The summed E-state index contributed by atoms with van der Waals surface area (Å²) in [6.07, 6.45) is 9.83. The molecule has 0 aliphatic heterocycles. The zero-order valence-corrected chi connectivity index (χ0v) is 16.0. The van der Waals surface area contributed by atoms with Crippen LogP contribution in [-0.4, -0.2) is 27.5 Å². The van der Waals surface area contributed by atoms with Crippen molar-refractivity contribution in [2.24, 2.45) is 5.92 Å². The molecule has 0 bridgehead atoms. The van der Waals surface area contributed by atoms with Gasteiger partial charge in [0.2, 0.25) is 0 Å². The van der Waals surface area contributed by atoms with E-state index in [2.05, 4.69) is 11.8 Å². The van der Waals surface area contributed by atoms with Crippen molar-refractivity contribution in [3.8, 4) is 0 Å². The van der Waals surface area contributed by atoms with E-state index in [0.29, 0.717) is 30.1 Å². The van der Waals surface area contributed by atoms with Crippen molar-refractivity contribution in [1.29, 1.82) is 0 Å². The van der Waals surface area contributed by atoms with Crippen LogP contribution in [-0.2, 0) is 6.54 Å². The average molecular weight is 368 g/mol. The van der Waals surface area contributed by atoms with Crippen LogP contribution in [0.1, 0.15) is 68.2 Å². The van der Waals surface area contributed by atoms with Crippen LogP contribution in [0.25, 0.3) is 0 Å². The van der Waals surface area contributed by atoms with Gasteiger partial charge in [-0.15, -0.1) is 0 Å². The number of hydrogen-bond acceptors (Lipinski definition) is 3. The van der Waals surface area contributed by atoms with Crippen molar-refractivity contribution in [3.05, 3.63) is 58.4 Å². The second kappa shape index (κ2) is 7.75. The predicted octanol–water partition coefficient (Wildman–Crippen LogP) is 4.06. The summed E-state index contributed by atoms with van der Waals surface area (Å²) in [4.78, 5) is 27.1. The molecular formula is C22H28N2O3. The first-order valence-corrected chi connectivity index (χ1v) is 10.2. The fraction of sp³-hybridized carbons (Fsp3) is 0.545. The molecule has 2 aliphatic rings. The quantitative estimate of drug-likeness (QED) is 0.772. The number of hydrogen-bond donors (Lipinski definition) is 0. The highest BCUT2D eigenvalue weighted by molar-refractivity contribution is 5.92. The molecule has 2 aromatic heterocycles.